The molecule has 0 aliphatic rings. The highest BCUT2D eigenvalue weighted by Gasteiger charge is 2.11. The Hall–Kier alpha value is -1.20. The van der Waals surface area contributed by atoms with Crippen LogP contribution >= 0.6 is 27.3 Å². The molecule has 1 aromatic carbocycles. The van der Waals surface area contributed by atoms with Crippen LogP contribution in [-0.4, -0.2) is 16.2 Å². The van der Waals surface area contributed by atoms with E-state index in [2.05, 4.69) is 26.2 Å². The summed E-state index contributed by atoms with van der Waals surface area (Å²) in [4.78, 5) is 16.7. The predicted molar refractivity (Wildman–Crippen MR) is 78.7 cm³/mol. The third kappa shape index (κ3) is 3.17. The molecule has 94 valence electrons. The van der Waals surface area contributed by atoms with E-state index in [9.17, 15) is 4.79 Å². The van der Waals surface area contributed by atoms with Gasteiger partial charge in [-0.25, -0.2) is 4.98 Å². The van der Waals surface area contributed by atoms with Gasteiger partial charge in [0.15, 0.2) is 0 Å². The summed E-state index contributed by atoms with van der Waals surface area (Å²) in [6.45, 7) is 1.84. The number of alkyl halides is 1. The Morgan fingerprint density at radius 1 is 1.39 bits per heavy atom. The minimum Gasteiger partial charge on any atom is -0.321 e. The summed E-state index contributed by atoms with van der Waals surface area (Å²) in [7, 11) is 0. The molecule has 0 unspecified atom stereocenters. The number of aromatic nitrogens is 1. The standard InChI is InChI=1S/C13H13BrN2OS/c1-9-12(18-8-15-9)13(17)16-11-4-2-10(3-5-11)6-7-14/h2-5,8H,6-7H2,1H3,(H,16,17). The molecule has 1 N–H and O–H groups in total. The van der Waals surface area contributed by atoms with Crippen LogP contribution in [-0.2, 0) is 6.42 Å². The molecule has 0 bridgehead atoms. The van der Waals surface area contributed by atoms with Gasteiger partial charge in [-0.15, -0.1) is 11.3 Å². The summed E-state index contributed by atoms with van der Waals surface area (Å²) in [6, 6.07) is 7.89. The molecule has 0 saturated heterocycles. The number of nitrogens with one attached hydrogen (secondary N) is 1. The monoisotopic (exact) mass is 324 g/mol. The van der Waals surface area contributed by atoms with Gasteiger partial charge in [0, 0.05) is 11.0 Å². The molecule has 3 nitrogen and oxygen atoms in total. The molecule has 1 heterocycles. The molecular weight excluding hydrogens is 312 g/mol. The third-order valence-corrected chi connectivity index (χ3v) is 3.87. The molecule has 2 rings (SSSR count). The number of thiazole rings is 1. The first-order valence-electron chi connectivity index (χ1n) is 5.57. The molecule has 18 heavy (non-hydrogen) atoms. The van der Waals surface area contributed by atoms with Crippen LogP contribution < -0.4 is 5.32 Å². The van der Waals surface area contributed by atoms with E-state index in [4.69, 9.17) is 0 Å². The molecule has 0 radical (unpaired) electrons. The van der Waals surface area contributed by atoms with Gasteiger partial charge in [-0.05, 0) is 31.0 Å². The van der Waals surface area contributed by atoms with Crippen molar-refractivity contribution in [3.8, 4) is 0 Å². The number of benzene rings is 1. The normalized spacial score (nSPS) is 10.3. The average Bonchev–Trinajstić information content (AvgIpc) is 2.78. The Labute approximate surface area is 118 Å². The number of carbonyl (C=O) groups excluding carboxylic acids is 1. The van der Waals surface area contributed by atoms with E-state index in [0.29, 0.717) is 4.88 Å². The fourth-order valence-corrected chi connectivity index (χ4v) is 2.73. The van der Waals surface area contributed by atoms with Crippen molar-refractivity contribution in [3.05, 3.63) is 45.9 Å². The number of amides is 1. The maximum atomic E-state index is 12.0. The maximum Gasteiger partial charge on any atom is 0.267 e. The lowest BCUT2D eigenvalue weighted by molar-refractivity contribution is 0.103. The molecule has 1 aromatic heterocycles. The zero-order chi connectivity index (χ0) is 13.0. The summed E-state index contributed by atoms with van der Waals surface area (Å²) < 4.78 is 0. The van der Waals surface area contributed by atoms with E-state index < -0.39 is 0 Å². The van der Waals surface area contributed by atoms with Gasteiger partial charge < -0.3 is 5.32 Å². The van der Waals surface area contributed by atoms with Gasteiger partial charge in [-0.3, -0.25) is 4.79 Å². The molecule has 0 spiro atoms. The second-order valence-electron chi connectivity index (χ2n) is 3.86. The Bertz CT molecular complexity index is 536. The number of nitrogens with zero attached hydrogens (tertiary/aromatic N) is 1. The second kappa shape index (κ2) is 6.11. The first-order chi connectivity index (χ1) is 8.70. The van der Waals surface area contributed by atoms with Crippen LogP contribution in [0.2, 0.25) is 0 Å². The predicted octanol–water partition coefficient (Wildman–Crippen LogP) is 3.64. The molecule has 5 heteroatoms. The highest BCUT2D eigenvalue weighted by molar-refractivity contribution is 9.09. The van der Waals surface area contributed by atoms with E-state index in [1.54, 1.807) is 5.51 Å². The van der Waals surface area contributed by atoms with Gasteiger partial charge in [0.05, 0.1) is 11.2 Å². The lowest BCUT2D eigenvalue weighted by atomic mass is 10.1. The molecule has 1 amide bonds. The number of rotatable bonds is 4. The zero-order valence-electron chi connectivity index (χ0n) is 9.94. The van der Waals surface area contributed by atoms with E-state index in [0.717, 1.165) is 23.1 Å². The van der Waals surface area contributed by atoms with Gasteiger partial charge >= 0.3 is 0 Å². The summed E-state index contributed by atoms with van der Waals surface area (Å²) in [5.41, 5.74) is 4.52. The summed E-state index contributed by atoms with van der Waals surface area (Å²) >= 11 is 4.76. The van der Waals surface area contributed by atoms with Crippen molar-refractivity contribution in [1.29, 1.82) is 0 Å². The molecule has 0 aliphatic heterocycles. The minimum absolute atomic E-state index is 0.0942. The molecule has 0 saturated carbocycles. The van der Waals surface area contributed by atoms with Crippen LogP contribution in [0.4, 0.5) is 5.69 Å². The van der Waals surface area contributed by atoms with E-state index in [1.165, 1.54) is 16.9 Å². The van der Waals surface area contributed by atoms with Crippen LogP contribution in [0.5, 0.6) is 0 Å². The molecule has 2 aromatic rings. The van der Waals surface area contributed by atoms with Crippen molar-refractivity contribution in [2.45, 2.75) is 13.3 Å². The lowest BCUT2D eigenvalue weighted by Crippen LogP contribution is -2.11. The van der Waals surface area contributed by atoms with Crippen molar-refractivity contribution in [3.63, 3.8) is 0 Å². The third-order valence-electron chi connectivity index (χ3n) is 2.55. The van der Waals surface area contributed by atoms with Crippen LogP contribution in [0.1, 0.15) is 20.9 Å². The van der Waals surface area contributed by atoms with Gasteiger partial charge in [0.1, 0.15) is 4.88 Å². The Balaban J connectivity index is 2.05. The SMILES string of the molecule is Cc1ncsc1C(=O)Nc1ccc(CCBr)cc1. The molecule has 0 fully saturated rings. The molecular formula is C13H13BrN2OS. The fraction of sp³-hybridized carbons (Fsp3) is 0.231. The fourth-order valence-electron chi connectivity index (χ4n) is 1.57. The lowest BCUT2D eigenvalue weighted by Gasteiger charge is -2.05. The smallest absolute Gasteiger partial charge is 0.267 e. The molecule has 0 atom stereocenters. The topological polar surface area (TPSA) is 42.0 Å². The first-order valence-corrected chi connectivity index (χ1v) is 7.57. The van der Waals surface area contributed by atoms with E-state index >= 15 is 0 Å². The van der Waals surface area contributed by atoms with E-state index in [1.807, 2.05) is 31.2 Å². The second-order valence-corrected chi connectivity index (χ2v) is 5.50. The van der Waals surface area contributed by atoms with Gasteiger partial charge in [-0.2, -0.15) is 0 Å². The van der Waals surface area contributed by atoms with Crippen LogP contribution in [0.3, 0.4) is 0 Å². The van der Waals surface area contributed by atoms with Crippen molar-refractivity contribution in [1.82, 2.24) is 4.98 Å². The van der Waals surface area contributed by atoms with Gasteiger partial charge in [-0.1, -0.05) is 28.1 Å². The van der Waals surface area contributed by atoms with Crippen LogP contribution in [0.15, 0.2) is 29.8 Å². The Morgan fingerprint density at radius 2 is 2.11 bits per heavy atom. The maximum absolute atomic E-state index is 12.0. The number of anilines is 1. The van der Waals surface area contributed by atoms with Crippen LogP contribution in [0, 0.1) is 6.92 Å². The van der Waals surface area contributed by atoms with Crippen molar-refractivity contribution >= 4 is 38.9 Å². The number of halogens is 1. The molecule has 0 aliphatic carbocycles. The quantitative estimate of drug-likeness (QED) is 0.872. The summed E-state index contributed by atoms with van der Waals surface area (Å²) in [5.74, 6) is -0.0942. The minimum atomic E-state index is -0.0942. The highest BCUT2D eigenvalue weighted by Crippen LogP contribution is 2.16. The first kappa shape index (κ1) is 13.2. The zero-order valence-corrected chi connectivity index (χ0v) is 12.3. The van der Waals surface area contributed by atoms with Gasteiger partial charge in [0.2, 0.25) is 0 Å². The van der Waals surface area contributed by atoms with Crippen LogP contribution in [0.25, 0.3) is 0 Å². The number of carbonyl (C=O) groups is 1. The number of hydrogen-bond donors (Lipinski definition) is 1. The largest absolute Gasteiger partial charge is 0.321 e. The highest BCUT2D eigenvalue weighted by atomic mass is 79.9. The summed E-state index contributed by atoms with van der Waals surface area (Å²) in [5, 5.41) is 3.82. The van der Waals surface area contributed by atoms with Crippen molar-refractivity contribution in [2.75, 3.05) is 10.6 Å². The summed E-state index contributed by atoms with van der Waals surface area (Å²) in [6.07, 6.45) is 0.988. The van der Waals surface area contributed by atoms with Gasteiger partial charge in [0.25, 0.3) is 5.91 Å². The van der Waals surface area contributed by atoms with Crippen molar-refractivity contribution < 1.29 is 4.79 Å². The number of aryl methyl sites for hydroxylation is 2. The van der Waals surface area contributed by atoms with E-state index in [-0.39, 0.29) is 5.91 Å². The number of hydrogen-bond acceptors (Lipinski definition) is 3. The van der Waals surface area contributed by atoms with Crippen molar-refractivity contribution in [2.24, 2.45) is 0 Å². The Morgan fingerprint density at radius 3 is 2.67 bits per heavy atom. The average molecular weight is 325 g/mol. The Kier molecular flexibility index (Phi) is 4.49.